The Labute approximate surface area is 183 Å². The molecule has 0 radical (unpaired) electrons. The molecule has 0 unspecified atom stereocenters. The van der Waals surface area contributed by atoms with Gasteiger partial charge in [0.1, 0.15) is 16.6 Å². The molecule has 1 aliphatic rings. The number of Topliss-reactive ketones (excluding diaryl/α,β-unsaturated/α-hetero) is 2. The number of thiophene rings is 1. The highest BCUT2D eigenvalue weighted by Crippen LogP contribution is 2.39. The van der Waals surface area contributed by atoms with Crippen molar-refractivity contribution in [1.82, 2.24) is 9.78 Å². The van der Waals surface area contributed by atoms with E-state index in [1.165, 1.54) is 29.9 Å². The van der Waals surface area contributed by atoms with Gasteiger partial charge in [-0.15, -0.1) is 11.3 Å². The molecule has 3 aromatic rings. The molecule has 0 atom stereocenters. The highest BCUT2D eigenvalue weighted by molar-refractivity contribution is 7.15. The minimum Gasteiger partial charge on any atom is -0.294 e. The Morgan fingerprint density at radius 2 is 1.77 bits per heavy atom. The summed E-state index contributed by atoms with van der Waals surface area (Å²) in [4.78, 5) is 38.9. The third kappa shape index (κ3) is 3.53. The van der Waals surface area contributed by atoms with Crippen LogP contribution in [0.4, 0.5) is 0 Å². The van der Waals surface area contributed by atoms with Crippen molar-refractivity contribution in [1.29, 1.82) is 5.26 Å². The van der Waals surface area contributed by atoms with Crippen LogP contribution in [0.5, 0.6) is 0 Å². The summed E-state index contributed by atoms with van der Waals surface area (Å²) in [5, 5.41) is 14.8. The van der Waals surface area contributed by atoms with Crippen LogP contribution in [0.3, 0.4) is 0 Å². The second-order valence-electron chi connectivity index (χ2n) is 7.79. The Morgan fingerprint density at radius 1 is 1.10 bits per heavy atom. The zero-order chi connectivity index (χ0) is 22.3. The van der Waals surface area contributed by atoms with E-state index in [1.807, 2.05) is 37.3 Å². The summed E-state index contributed by atoms with van der Waals surface area (Å²) in [5.41, 5.74) is 2.42. The minimum atomic E-state index is -0.687. The highest BCUT2D eigenvalue weighted by atomic mass is 32.1. The van der Waals surface area contributed by atoms with Gasteiger partial charge >= 0.3 is 0 Å². The van der Waals surface area contributed by atoms with Crippen LogP contribution in [-0.4, -0.2) is 21.3 Å². The maximum absolute atomic E-state index is 12.9. The van der Waals surface area contributed by atoms with Crippen molar-refractivity contribution in [2.24, 2.45) is 0 Å². The summed E-state index contributed by atoms with van der Waals surface area (Å²) in [6, 6.07) is 9.39. The van der Waals surface area contributed by atoms with Crippen molar-refractivity contribution in [3.8, 4) is 22.3 Å². The van der Waals surface area contributed by atoms with Crippen LogP contribution in [0.1, 0.15) is 69.1 Å². The average molecular weight is 432 g/mol. The lowest BCUT2D eigenvalue weighted by Crippen LogP contribution is -2.25. The van der Waals surface area contributed by atoms with E-state index in [9.17, 15) is 19.6 Å². The molecule has 2 heterocycles. The van der Waals surface area contributed by atoms with Crippen molar-refractivity contribution in [3.05, 3.63) is 67.3 Å². The lowest BCUT2D eigenvalue weighted by atomic mass is 9.94. The maximum atomic E-state index is 12.9. The summed E-state index contributed by atoms with van der Waals surface area (Å²) in [7, 11) is 0. The largest absolute Gasteiger partial charge is 0.294 e. The number of aromatic nitrogens is 2. The number of carbonyl (C=O) groups excluding carboxylic acids is 2. The van der Waals surface area contributed by atoms with E-state index in [4.69, 9.17) is 0 Å². The van der Waals surface area contributed by atoms with Gasteiger partial charge in [-0.2, -0.15) is 10.4 Å². The molecule has 1 aliphatic carbocycles. The highest BCUT2D eigenvalue weighted by Gasteiger charge is 2.29. The van der Waals surface area contributed by atoms with Gasteiger partial charge in [-0.05, 0) is 45.1 Å². The first-order valence-corrected chi connectivity index (χ1v) is 11.0. The number of ketones is 2. The van der Waals surface area contributed by atoms with Crippen LogP contribution >= 0.6 is 11.3 Å². The molecular weight excluding hydrogens is 410 g/mol. The molecule has 31 heavy (non-hydrogen) atoms. The SMILES string of the molecule is CC(=O)c1c(-n2nc(C(C)=O)c(=O)c(C#N)c2-c2ccc(C)cc2)sc2c1CCCC2. The standard InChI is InChI=1S/C24H21N3O3S/c1-13-8-10-16(11-9-13)22-18(12-25)23(30)21(15(3)29)26-27(22)24-20(14(2)28)17-6-4-5-7-19(17)31-24/h8-11H,4-7H2,1-3H3. The van der Waals surface area contributed by atoms with E-state index >= 15 is 0 Å². The molecule has 7 heteroatoms. The minimum absolute atomic E-state index is 0.0901. The average Bonchev–Trinajstić information content (AvgIpc) is 3.13. The summed E-state index contributed by atoms with van der Waals surface area (Å²) in [6.07, 6.45) is 3.75. The number of aryl methyl sites for hydroxylation is 2. The van der Waals surface area contributed by atoms with Gasteiger partial charge in [0.05, 0.1) is 11.3 Å². The summed E-state index contributed by atoms with van der Waals surface area (Å²) < 4.78 is 1.47. The molecule has 0 bridgehead atoms. The molecule has 2 aromatic heterocycles. The summed E-state index contributed by atoms with van der Waals surface area (Å²) >= 11 is 1.46. The predicted octanol–water partition coefficient (Wildman–Crippen LogP) is 4.43. The van der Waals surface area contributed by atoms with E-state index in [0.29, 0.717) is 21.8 Å². The molecule has 1 aromatic carbocycles. The smallest absolute Gasteiger partial charge is 0.229 e. The quantitative estimate of drug-likeness (QED) is 0.570. The van der Waals surface area contributed by atoms with Crippen LogP contribution in [0, 0.1) is 18.3 Å². The Bertz CT molecular complexity index is 1320. The van der Waals surface area contributed by atoms with Gasteiger partial charge in [-0.3, -0.25) is 14.4 Å². The van der Waals surface area contributed by atoms with Crippen LogP contribution in [0.15, 0.2) is 29.1 Å². The van der Waals surface area contributed by atoms with Gasteiger partial charge in [0.15, 0.2) is 17.3 Å². The lowest BCUT2D eigenvalue weighted by molar-refractivity contribution is 0.100. The first-order chi connectivity index (χ1) is 14.8. The first-order valence-electron chi connectivity index (χ1n) is 10.1. The van der Waals surface area contributed by atoms with Gasteiger partial charge in [-0.1, -0.05) is 29.8 Å². The Hall–Kier alpha value is -3.37. The van der Waals surface area contributed by atoms with Crippen molar-refractivity contribution in [3.63, 3.8) is 0 Å². The first kappa shape index (κ1) is 20.9. The fourth-order valence-corrected chi connectivity index (χ4v) is 5.44. The van der Waals surface area contributed by atoms with Gasteiger partial charge in [-0.25, -0.2) is 4.68 Å². The van der Waals surface area contributed by atoms with Crippen LogP contribution in [-0.2, 0) is 12.8 Å². The fraction of sp³-hybridized carbons (Fsp3) is 0.292. The number of fused-ring (bicyclic) bond motifs is 1. The maximum Gasteiger partial charge on any atom is 0.229 e. The molecule has 0 fully saturated rings. The van der Waals surface area contributed by atoms with E-state index in [1.54, 1.807) is 0 Å². The number of nitrogens with zero attached hydrogens (tertiary/aromatic N) is 3. The number of hydrogen-bond donors (Lipinski definition) is 0. The number of hydrogen-bond acceptors (Lipinski definition) is 6. The second kappa shape index (κ2) is 8.05. The molecular formula is C24H21N3O3S. The number of benzene rings is 1. The van der Waals surface area contributed by atoms with Crippen molar-refractivity contribution >= 4 is 22.9 Å². The molecule has 0 amide bonds. The zero-order valence-electron chi connectivity index (χ0n) is 17.6. The van der Waals surface area contributed by atoms with E-state index < -0.39 is 11.2 Å². The van der Waals surface area contributed by atoms with E-state index in [-0.39, 0.29) is 17.0 Å². The van der Waals surface area contributed by atoms with Crippen LogP contribution in [0.2, 0.25) is 0 Å². The van der Waals surface area contributed by atoms with Crippen LogP contribution < -0.4 is 5.43 Å². The zero-order valence-corrected chi connectivity index (χ0v) is 18.4. The Balaban J connectivity index is 2.15. The summed E-state index contributed by atoms with van der Waals surface area (Å²) in [5.74, 6) is -0.607. The summed E-state index contributed by atoms with van der Waals surface area (Å²) in [6.45, 7) is 4.72. The second-order valence-corrected chi connectivity index (χ2v) is 8.88. The predicted molar refractivity (Wildman–Crippen MR) is 119 cm³/mol. The monoisotopic (exact) mass is 431 g/mol. The Morgan fingerprint density at radius 3 is 2.39 bits per heavy atom. The van der Waals surface area contributed by atoms with Crippen molar-refractivity contribution < 1.29 is 9.59 Å². The molecule has 4 rings (SSSR count). The van der Waals surface area contributed by atoms with E-state index in [2.05, 4.69) is 5.10 Å². The molecule has 0 aliphatic heterocycles. The third-order valence-electron chi connectivity index (χ3n) is 5.56. The van der Waals surface area contributed by atoms with Gasteiger partial charge < -0.3 is 0 Å². The fourth-order valence-electron chi connectivity index (χ4n) is 4.05. The molecule has 0 spiro atoms. The molecule has 156 valence electrons. The number of carbonyl (C=O) groups is 2. The third-order valence-corrected chi connectivity index (χ3v) is 6.83. The van der Waals surface area contributed by atoms with Gasteiger partial charge in [0.2, 0.25) is 5.43 Å². The van der Waals surface area contributed by atoms with Gasteiger partial charge in [0.25, 0.3) is 0 Å². The van der Waals surface area contributed by atoms with Crippen LogP contribution in [0.25, 0.3) is 16.3 Å². The molecule has 0 saturated carbocycles. The number of rotatable bonds is 4. The molecule has 0 saturated heterocycles. The number of nitriles is 1. The molecule has 0 N–H and O–H groups in total. The van der Waals surface area contributed by atoms with E-state index in [0.717, 1.165) is 41.7 Å². The topological polar surface area (TPSA) is 92.8 Å². The molecule has 6 nitrogen and oxygen atoms in total. The van der Waals surface area contributed by atoms with Crippen molar-refractivity contribution in [2.45, 2.75) is 46.5 Å². The van der Waals surface area contributed by atoms with Crippen molar-refractivity contribution in [2.75, 3.05) is 0 Å². The normalized spacial score (nSPS) is 12.8. The lowest BCUT2D eigenvalue weighted by Gasteiger charge is -2.16. The van der Waals surface area contributed by atoms with Gasteiger partial charge in [0, 0.05) is 17.4 Å². The Kier molecular flexibility index (Phi) is 5.42.